The minimum Gasteiger partial charge on any atom is -0.496 e. The summed E-state index contributed by atoms with van der Waals surface area (Å²) in [5.41, 5.74) is 4.73. The number of anilines is 2. The Balaban J connectivity index is 1.59. The van der Waals surface area contributed by atoms with E-state index in [2.05, 4.69) is 46.6 Å². The second-order valence-corrected chi connectivity index (χ2v) is 6.69. The van der Waals surface area contributed by atoms with Gasteiger partial charge in [-0.05, 0) is 42.5 Å². The van der Waals surface area contributed by atoms with Gasteiger partial charge in [-0.2, -0.15) is 0 Å². The van der Waals surface area contributed by atoms with Crippen molar-refractivity contribution in [2.45, 2.75) is 26.7 Å². The zero-order chi connectivity index (χ0) is 20.6. The summed E-state index contributed by atoms with van der Waals surface area (Å²) < 4.78 is 5.33. The number of nitrogens with one attached hydrogen (secondary N) is 2. The molecular formula is C23H26N4O2. The summed E-state index contributed by atoms with van der Waals surface area (Å²) in [6.07, 6.45) is 4.67. The van der Waals surface area contributed by atoms with E-state index in [1.165, 1.54) is 11.8 Å². The van der Waals surface area contributed by atoms with Crippen LogP contribution in [0.25, 0.3) is 0 Å². The lowest BCUT2D eigenvalue weighted by molar-refractivity contribution is 0.0948. The highest BCUT2D eigenvalue weighted by Gasteiger charge is 2.10. The van der Waals surface area contributed by atoms with Gasteiger partial charge in [-0.15, -0.1) is 0 Å². The molecule has 0 fully saturated rings. The Kier molecular flexibility index (Phi) is 6.79. The molecule has 3 aromatic rings. The molecular weight excluding hydrogens is 364 g/mol. The van der Waals surface area contributed by atoms with E-state index in [0.29, 0.717) is 18.8 Å². The summed E-state index contributed by atoms with van der Waals surface area (Å²) in [6, 6.07) is 14.0. The lowest BCUT2D eigenvalue weighted by Crippen LogP contribution is -2.26. The predicted octanol–water partition coefficient (Wildman–Crippen LogP) is 4.07. The minimum absolute atomic E-state index is 0.246. The monoisotopic (exact) mass is 390 g/mol. The van der Waals surface area contributed by atoms with Gasteiger partial charge in [0.05, 0.1) is 19.5 Å². The maximum absolute atomic E-state index is 12.3. The van der Waals surface area contributed by atoms with Crippen LogP contribution in [0.5, 0.6) is 5.75 Å². The average molecular weight is 390 g/mol. The van der Waals surface area contributed by atoms with Gasteiger partial charge in [-0.1, -0.05) is 43.3 Å². The van der Waals surface area contributed by atoms with Crippen molar-refractivity contribution in [3.05, 3.63) is 77.2 Å². The Hall–Kier alpha value is -3.41. The molecule has 0 unspecified atom stereocenters. The average Bonchev–Trinajstić information content (AvgIpc) is 2.76. The fraction of sp³-hybridized carbons (Fsp3) is 0.261. The Morgan fingerprint density at radius 3 is 2.55 bits per heavy atom. The standard InChI is InChI=1S/C23H26N4O2/c1-4-17-10-7-8-16(2)22(17)27-21-15-25-19(14-26-21)23(28)24-13-12-18-9-5-6-11-20(18)29-3/h5-11,14-15H,4,12-13H2,1-3H3,(H,24,28)(H,26,27). The molecule has 0 bridgehead atoms. The van der Waals surface area contributed by atoms with Crippen molar-refractivity contribution in [2.24, 2.45) is 0 Å². The third-order valence-corrected chi connectivity index (χ3v) is 4.75. The van der Waals surface area contributed by atoms with Crippen LogP contribution in [-0.2, 0) is 12.8 Å². The molecule has 1 aromatic heterocycles. The highest BCUT2D eigenvalue weighted by Crippen LogP contribution is 2.24. The van der Waals surface area contributed by atoms with Crippen molar-refractivity contribution in [1.29, 1.82) is 0 Å². The Labute approximate surface area is 171 Å². The van der Waals surface area contributed by atoms with Crippen LogP contribution in [0.2, 0.25) is 0 Å². The third-order valence-electron chi connectivity index (χ3n) is 4.75. The predicted molar refractivity (Wildman–Crippen MR) is 115 cm³/mol. The Morgan fingerprint density at radius 2 is 1.83 bits per heavy atom. The molecule has 6 heteroatoms. The van der Waals surface area contributed by atoms with Crippen LogP contribution in [0, 0.1) is 6.92 Å². The number of ether oxygens (including phenoxy) is 1. The molecule has 0 saturated carbocycles. The van der Waals surface area contributed by atoms with Crippen molar-refractivity contribution in [2.75, 3.05) is 19.0 Å². The van der Waals surface area contributed by atoms with Crippen LogP contribution in [0.15, 0.2) is 54.9 Å². The van der Waals surface area contributed by atoms with Gasteiger partial charge in [0, 0.05) is 12.2 Å². The SMILES string of the molecule is CCc1cccc(C)c1Nc1cnc(C(=O)NCCc2ccccc2OC)cn1. The molecule has 2 N–H and O–H groups in total. The lowest BCUT2D eigenvalue weighted by atomic mass is 10.1. The summed E-state index contributed by atoms with van der Waals surface area (Å²) in [6.45, 7) is 4.66. The topological polar surface area (TPSA) is 76.1 Å². The zero-order valence-corrected chi connectivity index (χ0v) is 17.0. The molecule has 0 saturated heterocycles. The fourth-order valence-electron chi connectivity index (χ4n) is 3.15. The number of rotatable bonds is 8. The van der Waals surface area contributed by atoms with Crippen LogP contribution < -0.4 is 15.4 Å². The van der Waals surface area contributed by atoms with Crippen molar-refractivity contribution in [3.8, 4) is 5.75 Å². The molecule has 0 radical (unpaired) electrons. The van der Waals surface area contributed by atoms with Crippen LogP contribution in [0.4, 0.5) is 11.5 Å². The van der Waals surface area contributed by atoms with E-state index in [-0.39, 0.29) is 11.6 Å². The first-order valence-corrected chi connectivity index (χ1v) is 9.70. The maximum atomic E-state index is 12.3. The second-order valence-electron chi connectivity index (χ2n) is 6.69. The number of methoxy groups -OCH3 is 1. The van der Waals surface area contributed by atoms with E-state index >= 15 is 0 Å². The van der Waals surface area contributed by atoms with Gasteiger partial charge in [-0.3, -0.25) is 4.79 Å². The fourth-order valence-corrected chi connectivity index (χ4v) is 3.15. The van der Waals surface area contributed by atoms with Gasteiger partial charge in [0.2, 0.25) is 0 Å². The summed E-state index contributed by atoms with van der Waals surface area (Å²) in [7, 11) is 1.64. The quantitative estimate of drug-likeness (QED) is 0.606. The third kappa shape index (κ3) is 5.10. The summed E-state index contributed by atoms with van der Waals surface area (Å²) in [5.74, 6) is 1.18. The van der Waals surface area contributed by atoms with Crippen molar-refractivity contribution >= 4 is 17.4 Å². The number of aromatic nitrogens is 2. The van der Waals surface area contributed by atoms with E-state index < -0.39 is 0 Å². The molecule has 0 spiro atoms. The maximum Gasteiger partial charge on any atom is 0.271 e. The molecule has 1 amide bonds. The van der Waals surface area contributed by atoms with Gasteiger partial charge in [0.25, 0.3) is 5.91 Å². The Morgan fingerprint density at radius 1 is 1.03 bits per heavy atom. The molecule has 6 nitrogen and oxygen atoms in total. The number of carbonyl (C=O) groups excluding carboxylic acids is 1. The summed E-state index contributed by atoms with van der Waals surface area (Å²) >= 11 is 0. The highest BCUT2D eigenvalue weighted by atomic mass is 16.5. The van der Waals surface area contributed by atoms with Crippen molar-refractivity contribution in [3.63, 3.8) is 0 Å². The van der Waals surface area contributed by atoms with E-state index in [1.807, 2.05) is 30.3 Å². The number of para-hydroxylation sites is 2. The molecule has 3 rings (SSSR count). The Bertz CT molecular complexity index is 971. The van der Waals surface area contributed by atoms with Crippen LogP contribution in [0.3, 0.4) is 0 Å². The molecule has 2 aromatic carbocycles. The first-order valence-electron chi connectivity index (χ1n) is 9.70. The van der Waals surface area contributed by atoms with Gasteiger partial charge in [0.15, 0.2) is 0 Å². The van der Waals surface area contributed by atoms with Gasteiger partial charge < -0.3 is 15.4 Å². The number of benzene rings is 2. The van der Waals surface area contributed by atoms with E-state index in [0.717, 1.165) is 29.0 Å². The molecule has 0 atom stereocenters. The molecule has 0 aliphatic carbocycles. The lowest BCUT2D eigenvalue weighted by Gasteiger charge is -2.13. The zero-order valence-electron chi connectivity index (χ0n) is 17.0. The second kappa shape index (κ2) is 9.68. The number of aryl methyl sites for hydroxylation is 2. The van der Waals surface area contributed by atoms with Crippen LogP contribution in [-0.4, -0.2) is 29.5 Å². The molecule has 150 valence electrons. The van der Waals surface area contributed by atoms with E-state index in [4.69, 9.17) is 4.74 Å². The normalized spacial score (nSPS) is 10.4. The number of carbonyl (C=O) groups is 1. The number of hydrogen-bond acceptors (Lipinski definition) is 5. The van der Waals surface area contributed by atoms with Gasteiger partial charge >= 0.3 is 0 Å². The molecule has 0 aliphatic heterocycles. The van der Waals surface area contributed by atoms with Crippen molar-refractivity contribution < 1.29 is 9.53 Å². The first kappa shape index (κ1) is 20.3. The minimum atomic E-state index is -0.246. The van der Waals surface area contributed by atoms with E-state index in [1.54, 1.807) is 13.3 Å². The smallest absolute Gasteiger partial charge is 0.271 e. The van der Waals surface area contributed by atoms with Crippen molar-refractivity contribution in [1.82, 2.24) is 15.3 Å². The van der Waals surface area contributed by atoms with Gasteiger partial charge in [-0.25, -0.2) is 9.97 Å². The number of amides is 1. The number of hydrogen-bond donors (Lipinski definition) is 2. The van der Waals surface area contributed by atoms with Gasteiger partial charge in [0.1, 0.15) is 17.3 Å². The largest absolute Gasteiger partial charge is 0.496 e. The first-order chi connectivity index (χ1) is 14.1. The van der Waals surface area contributed by atoms with E-state index in [9.17, 15) is 4.79 Å². The highest BCUT2D eigenvalue weighted by molar-refractivity contribution is 5.92. The summed E-state index contributed by atoms with van der Waals surface area (Å²) in [5, 5.41) is 6.19. The number of nitrogens with zero attached hydrogens (tertiary/aromatic N) is 2. The van der Waals surface area contributed by atoms with Crippen LogP contribution in [0.1, 0.15) is 34.1 Å². The van der Waals surface area contributed by atoms with Crippen LogP contribution >= 0.6 is 0 Å². The molecule has 0 aliphatic rings. The summed E-state index contributed by atoms with van der Waals surface area (Å²) in [4.78, 5) is 21.0. The molecule has 1 heterocycles. The molecule has 29 heavy (non-hydrogen) atoms.